The highest BCUT2D eigenvalue weighted by Gasteiger charge is 2.35. The first-order valence-electron chi connectivity index (χ1n) is 4.23. The number of rotatable bonds is 3. The summed E-state index contributed by atoms with van der Waals surface area (Å²) in [6.45, 7) is 8.12. The van der Waals surface area contributed by atoms with Gasteiger partial charge in [0, 0.05) is 0 Å². The van der Waals surface area contributed by atoms with Crippen molar-refractivity contribution in [2.24, 2.45) is 5.73 Å². The predicted octanol–water partition coefficient (Wildman–Crippen LogP) is 0.769. The van der Waals surface area contributed by atoms with Crippen molar-refractivity contribution in [3.8, 4) is 0 Å². The summed E-state index contributed by atoms with van der Waals surface area (Å²) in [6.07, 6.45) is 0. The van der Waals surface area contributed by atoms with Gasteiger partial charge in [-0.3, -0.25) is 0 Å². The lowest BCUT2D eigenvalue weighted by Gasteiger charge is -2.29. The lowest BCUT2D eigenvalue weighted by atomic mass is 10.1. The molecule has 0 unspecified atom stereocenters. The fraction of sp³-hybridized carbons (Fsp3) is 0.875. The molecule has 0 fully saturated rings. The van der Waals surface area contributed by atoms with Crippen molar-refractivity contribution in [3.05, 3.63) is 0 Å². The van der Waals surface area contributed by atoms with Crippen LogP contribution in [0.1, 0.15) is 34.6 Å². The summed E-state index contributed by atoms with van der Waals surface area (Å²) in [7, 11) is -3.42. The molecule has 0 spiro atoms. The number of nitrogens with one attached hydrogen (secondary N) is 1. The molecule has 3 N–H and O–H groups in total. The fourth-order valence-corrected chi connectivity index (χ4v) is 1.74. The molecule has 0 saturated heterocycles. The average Bonchev–Trinajstić information content (AvgIpc) is 1.80. The third-order valence-electron chi connectivity index (χ3n) is 1.81. The van der Waals surface area contributed by atoms with E-state index in [0.29, 0.717) is 0 Å². The molecule has 0 rings (SSSR count). The Morgan fingerprint density at radius 1 is 1.21 bits per heavy atom. The summed E-state index contributed by atoms with van der Waals surface area (Å²) in [5.74, 6) is 0. The lowest BCUT2D eigenvalue weighted by molar-refractivity contribution is 0.515. The van der Waals surface area contributed by atoms with Crippen molar-refractivity contribution < 1.29 is 8.42 Å². The largest absolute Gasteiger partial charge is 0.392 e. The van der Waals surface area contributed by atoms with Crippen LogP contribution >= 0.6 is 12.2 Å². The van der Waals surface area contributed by atoms with E-state index in [9.17, 15) is 8.42 Å². The third kappa shape index (κ3) is 3.18. The molecule has 0 aliphatic rings. The highest BCUT2D eigenvalue weighted by molar-refractivity contribution is 7.91. The maximum absolute atomic E-state index is 11.7. The van der Waals surface area contributed by atoms with Crippen LogP contribution in [0, 0.1) is 0 Å². The summed E-state index contributed by atoms with van der Waals surface area (Å²) in [5.41, 5.74) is 4.54. The van der Waals surface area contributed by atoms with Crippen LogP contribution in [0.25, 0.3) is 0 Å². The first kappa shape index (κ1) is 13.8. The molecule has 0 aliphatic heterocycles. The third-order valence-corrected chi connectivity index (χ3v) is 4.71. The Hall–Kier alpha value is -0.200. The van der Waals surface area contributed by atoms with Gasteiger partial charge in [-0.05, 0) is 34.6 Å². The van der Waals surface area contributed by atoms with Crippen molar-refractivity contribution >= 4 is 27.2 Å². The van der Waals surface area contributed by atoms with Crippen LogP contribution in [0.15, 0.2) is 0 Å². The van der Waals surface area contributed by atoms with E-state index in [0.717, 1.165) is 0 Å². The smallest absolute Gasteiger partial charge is 0.217 e. The summed E-state index contributed by atoms with van der Waals surface area (Å²) in [4.78, 5) is 0.130. The molecule has 0 aromatic rings. The van der Waals surface area contributed by atoms with Gasteiger partial charge in [0.25, 0.3) is 0 Å². The van der Waals surface area contributed by atoms with Crippen molar-refractivity contribution in [2.75, 3.05) is 0 Å². The highest BCUT2D eigenvalue weighted by atomic mass is 32.2. The topological polar surface area (TPSA) is 72.2 Å². The zero-order chi connectivity index (χ0) is 11.8. The second-order valence-electron chi connectivity index (χ2n) is 4.71. The zero-order valence-electron chi connectivity index (χ0n) is 9.21. The quantitative estimate of drug-likeness (QED) is 0.712. The van der Waals surface area contributed by atoms with E-state index in [2.05, 4.69) is 4.72 Å². The predicted molar refractivity (Wildman–Crippen MR) is 62.7 cm³/mol. The van der Waals surface area contributed by atoms with E-state index >= 15 is 0 Å². The Kier molecular flexibility index (Phi) is 3.70. The molecule has 0 atom stereocenters. The van der Waals surface area contributed by atoms with Gasteiger partial charge in [-0.1, -0.05) is 12.2 Å². The van der Waals surface area contributed by atoms with E-state index < -0.39 is 20.3 Å². The molecule has 0 amide bonds. The summed E-state index contributed by atoms with van der Waals surface area (Å²) < 4.78 is 25.1. The first-order chi connectivity index (χ1) is 5.90. The van der Waals surface area contributed by atoms with Gasteiger partial charge in [-0.2, -0.15) is 0 Å². The van der Waals surface area contributed by atoms with E-state index in [1.165, 1.54) is 0 Å². The van der Waals surface area contributed by atoms with Gasteiger partial charge in [0.05, 0.1) is 15.3 Å². The number of hydrogen-bond acceptors (Lipinski definition) is 3. The molecule has 0 bridgehead atoms. The van der Waals surface area contributed by atoms with Gasteiger partial charge in [0.15, 0.2) is 0 Å². The number of nitrogens with two attached hydrogens (primary N) is 1. The molecule has 14 heavy (non-hydrogen) atoms. The average molecular weight is 238 g/mol. The van der Waals surface area contributed by atoms with Crippen molar-refractivity contribution in [2.45, 2.75) is 44.9 Å². The summed E-state index contributed by atoms with van der Waals surface area (Å²) >= 11 is 4.77. The highest BCUT2D eigenvalue weighted by Crippen LogP contribution is 2.16. The molecule has 6 heteroatoms. The monoisotopic (exact) mass is 238 g/mol. The molecule has 84 valence electrons. The van der Waals surface area contributed by atoms with Crippen LogP contribution in [-0.4, -0.2) is 23.7 Å². The molecular formula is C8H18N2O2S2. The number of thiocarbonyl (C=S) groups is 1. The van der Waals surface area contributed by atoms with Crippen molar-refractivity contribution in [1.82, 2.24) is 4.72 Å². The Bertz CT molecular complexity index is 326. The van der Waals surface area contributed by atoms with Gasteiger partial charge in [0.2, 0.25) is 10.0 Å². The van der Waals surface area contributed by atoms with Crippen molar-refractivity contribution in [1.29, 1.82) is 0 Å². The van der Waals surface area contributed by atoms with Crippen LogP contribution < -0.4 is 10.5 Å². The van der Waals surface area contributed by atoms with E-state index in [-0.39, 0.29) is 4.99 Å². The van der Waals surface area contributed by atoms with Gasteiger partial charge in [-0.15, -0.1) is 0 Å². The minimum Gasteiger partial charge on any atom is -0.392 e. The SMILES string of the molecule is CC(C)(NS(=O)(=O)C(C)(C)C)C(N)=S. The summed E-state index contributed by atoms with van der Waals surface area (Å²) in [5, 5.41) is 0. The molecule has 0 aromatic heterocycles. The lowest BCUT2D eigenvalue weighted by Crippen LogP contribution is -2.55. The second-order valence-corrected chi connectivity index (χ2v) is 7.58. The van der Waals surface area contributed by atoms with Crippen LogP contribution in [0.4, 0.5) is 0 Å². The van der Waals surface area contributed by atoms with Crippen LogP contribution in [-0.2, 0) is 10.0 Å². The summed E-state index contributed by atoms with van der Waals surface area (Å²) in [6, 6.07) is 0. The minimum atomic E-state index is -3.42. The Morgan fingerprint density at radius 2 is 1.57 bits per heavy atom. The molecule has 4 nitrogen and oxygen atoms in total. The van der Waals surface area contributed by atoms with E-state index in [1.807, 2.05) is 0 Å². The van der Waals surface area contributed by atoms with Crippen LogP contribution in [0.5, 0.6) is 0 Å². The molecule has 0 aliphatic carbocycles. The van der Waals surface area contributed by atoms with Gasteiger partial charge >= 0.3 is 0 Å². The molecule has 0 heterocycles. The number of hydrogen-bond donors (Lipinski definition) is 2. The number of sulfonamides is 1. The molecule has 0 aromatic carbocycles. The molecule has 0 saturated carbocycles. The van der Waals surface area contributed by atoms with Crippen LogP contribution in [0.2, 0.25) is 0 Å². The normalized spacial score (nSPS) is 14.1. The van der Waals surface area contributed by atoms with Crippen LogP contribution in [0.3, 0.4) is 0 Å². The first-order valence-corrected chi connectivity index (χ1v) is 6.13. The van der Waals surface area contributed by atoms with Crippen molar-refractivity contribution in [3.63, 3.8) is 0 Å². The maximum atomic E-state index is 11.7. The fourth-order valence-electron chi connectivity index (χ4n) is 0.539. The molecular weight excluding hydrogens is 220 g/mol. The second kappa shape index (κ2) is 3.75. The van der Waals surface area contributed by atoms with E-state index in [1.54, 1.807) is 34.6 Å². The van der Waals surface area contributed by atoms with Gasteiger partial charge < -0.3 is 5.73 Å². The van der Waals surface area contributed by atoms with E-state index in [4.69, 9.17) is 18.0 Å². The zero-order valence-corrected chi connectivity index (χ0v) is 10.8. The Morgan fingerprint density at radius 3 is 1.79 bits per heavy atom. The van der Waals surface area contributed by atoms with Gasteiger partial charge in [-0.25, -0.2) is 13.1 Å². The Labute approximate surface area is 91.3 Å². The minimum absolute atomic E-state index is 0.130. The molecule has 0 radical (unpaired) electrons. The van der Waals surface area contributed by atoms with Gasteiger partial charge in [0.1, 0.15) is 0 Å². The Balaban J connectivity index is 4.97. The maximum Gasteiger partial charge on any atom is 0.217 e. The standard InChI is InChI=1S/C8H18N2O2S2/c1-7(2,3)14(11,12)10-8(4,5)6(9)13/h10H,1-5H3,(H2,9,13).